The van der Waals surface area contributed by atoms with Gasteiger partial charge >= 0.3 is 0 Å². The number of thiophene rings is 2. The summed E-state index contributed by atoms with van der Waals surface area (Å²) in [4.78, 5) is 2.66. The van der Waals surface area contributed by atoms with Gasteiger partial charge in [0, 0.05) is 32.9 Å². The molecular weight excluding hydrogens is 306 g/mol. The number of benzene rings is 1. The first-order chi connectivity index (χ1) is 9.79. The Balaban J connectivity index is 1.70. The number of aryl methyl sites for hydroxylation is 1. The van der Waals surface area contributed by atoms with Gasteiger partial charge in [0.15, 0.2) is 0 Å². The number of hydrogen-bond donors (Lipinski definition) is 1. The summed E-state index contributed by atoms with van der Waals surface area (Å²) in [5, 5.41) is 7.76. The van der Waals surface area contributed by atoms with E-state index in [0.717, 1.165) is 24.5 Å². The number of fused-ring (bicyclic) bond motifs is 1. The van der Waals surface area contributed by atoms with Crippen molar-refractivity contribution in [3.8, 4) is 0 Å². The van der Waals surface area contributed by atoms with Gasteiger partial charge in [0.2, 0.25) is 0 Å². The van der Waals surface area contributed by atoms with E-state index in [1.165, 1.54) is 25.4 Å². The van der Waals surface area contributed by atoms with Crippen LogP contribution >= 0.6 is 34.3 Å². The first kappa shape index (κ1) is 14.1. The van der Waals surface area contributed by atoms with E-state index in [1.807, 2.05) is 17.4 Å². The van der Waals surface area contributed by atoms with Crippen LogP contribution in [-0.4, -0.2) is 0 Å². The maximum absolute atomic E-state index is 6.45. The molecule has 0 radical (unpaired) electrons. The first-order valence-corrected chi connectivity index (χ1v) is 8.79. The summed E-state index contributed by atoms with van der Waals surface area (Å²) < 4.78 is 1.26. The van der Waals surface area contributed by atoms with E-state index in [4.69, 9.17) is 11.6 Å². The Hall–Kier alpha value is -0.870. The molecule has 1 nitrogen and oxygen atoms in total. The molecule has 0 saturated heterocycles. The predicted molar refractivity (Wildman–Crippen MR) is 91.1 cm³/mol. The third-order valence-electron chi connectivity index (χ3n) is 3.39. The molecule has 2 heterocycles. The smallest absolute Gasteiger partial charge is 0.0636 e. The normalized spacial score (nSPS) is 11.3. The number of halogens is 1. The van der Waals surface area contributed by atoms with E-state index >= 15 is 0 Å². The molecular formula is C16H16ClNS2. The van der Waals surface area contributed by atoms with E-state index in [-0.39, 0.29) is 0 Å². The van der Waals surface area contributed by atoms with Crippen LogP contribution in [0.25, 0.3) is 10.1 Å². The monoisotopic (exact) mass is 321 g/mol. The van der Waals surface area contributed by atoms with Crippen molar-refractivity contribution < 1.29 is 0 Å². The highest BCUT2D eigenvalue weighted by Crippen LogP contribution is 2.35. The van der Waals surface area contributed by atoms with Crippen LogP contribution in [0.3, 0.4) is 0 Å². The Morgan fingerprint density at radius 1 is 1.10 bits per heavy atom. The van der Waals surface area contributed by atoms with Crippen molar-refractivity contribution in [1.29, 1.82) is 0 Å². The van der Waals surface area contributed by atoms with Crippen LogP contribution in [0, 0.1) is 0 Å². The summed E-state index contributed by atoms with van der Waals surface area (Å²) in [5.74, 6) is 0. The van der Waals surface area contributed by atoms with Crippen LogP contribution in [0.2, 0.25) is 5.02 Å². The van der Waals surface area contributed by atoms with E-state index in [1.54, 1.807) is 11.3 Å². The van der Waals surface area contributed by atoms with Crippen molar-refractivity contribution in [2.75, 3.05) is 0 Å². The van der Waals surface area contributed by atoms with E-state index < -0.39 is 0 Å². The molecule has 0 unspecified atom stereocenters. The van der Waals surface area contributed by atoms with Crippen molar-refractivity contribution in [3.63, 3.8) is 0 Å². The lowest BCUT2D eigenvalue weighted by Crippen LogP contribution is -2.12. The molecule has 0 saturated carbocycles. The Kier molecular flexibility index (Phi) is 4.41. The molecule has 0 spiro atoms. The highest BCUT2D eigenvalue weighted by molar-refractivity contribution is 7.19. The Morgan fingerprint density at radius 2 is 1.90 bits per heavy atom. The van der Waals surface area contributed by atoms with Crippen molar-refractivity contribution in [2.45, 2.75) is 26.4 Å². The largest absolute Gasteiger partial charge is 0.307 e. The molecule has 0 aliphatic carbocycles. The molecule has 4 heteroatoms. The minimum absolute atomic E-state index is 0.833. The van der Waals surface area contributed by atoms with E-state index in [9.17, 15) is 0 Å². The summed E-state index contributed by atoms with van der Waals surface area (Å²) in [6.07, 6.45) is 1.10. The zero-order chi connectivity index (χ0) is 13.9. The van der Waals surface area contributed by atoms with Gasteiger partial charge < -0.3 is 5.32 Å². The Bertz CT molecular complexity index is 714. The molecule has 0 atom stereocenters. The molecule has 104 valence electrons. The fraction of sp³-hybridized carbons (Fsp3) is 0.250. The lowest BCUT2D eigenvalue weighted by atomic mass is 10.2. The minimum Gasteiger partial charge on any atom is -0.307 e. The molecule has 2 aromatic heterocycles. The van der Waals surface area contributed by atoms with Gasteiger partial charge in [-0.1, -0.05) is 36.7 Å². The second-order valence-electron chi connectivity index (χ2n) is 4.66. The summed E-state index contributed by atoms with van der Waals surface area (Å²) >= 11 is 10.1. The van der Waals surface area contributed by atoms with Crippen molar-refractivity contribution in [3.05, 3.63) is 56.1 Å². The lowest BCUT2D eigenvalue weighted by molar-refractivity contribution is 0.705. The van der Waals surface area contributed by atoms with Crippen molar-refractivity contribution in [2.24, 2.45) is 0 Å². The molecule has 0 amide bonds. The summed E-state index contributed by atoms with van der Waals surface area (Å²) in [7, 11) is 0. The third-order valence-corrected chi connectivity index (χ3v) is 6.07. The summed E-state index contributed by atoms with van der Waals surface area (Å²) in [6, 6.07) is 10.5. The van der Waals surface area contributed by atoms with Gasteiger partial charge in [-0.2, -0.15) is 0 Å². The van der Waals surface area contributed by atoms with Gasteiger partial charge in [-0.25, -0.2) is 0 Å². The van der Waals surface area contributed by atoms with Crippen molar-refractivity contribution >= 4 is 44.4 Å². The Labute approximate surface area is 132 Å². The highest BCUT2D eigenvalue weighted by atomic mass is 35.5. The molecule has 20 heavy (non-hydrogen) atoms. The fourth-order valence-electron chi connectivity index (χ4n) is 2.31. The zero-order valence-electron chi connectivity index (χ0n) is 11.3. The number of nitrogens with one attached hydrogen (secondary N) is 1. The predicted octanol–water partition coefficient (Wildman–Crippen LogP) is 5.47. The van der Waals surface area contributed by atoms with E-state index in [0.29, 0.717) is 0 Å². The van der Waals surface area contributed by atoms with Gasteiger partial charge in [0.05, 0.1) is 5.02 Å². The maximum atomic E-state index is 6.45. The van der Waals surface area contributed by atoms with Gasteiger partial charge in [0.1, 0.15) is 0 Å². The van der Waals surface area contributed by atoms with Gasteiger partial charge in [-0.05, 0) is 29.5 Å². The molecule has 0 fully saturated rings. The first-order valence-electron chi connectivity index (χ1n) is 6.71. The second kappa shape index (κ2) is 6.27. The SMILES string of the molecule is CCc1ccsc1CNCc1sc2ccccc2c1Cl. The minimum atomic E-state index is 0.833. The average Bonchev–Trinajstić information content (AvgIpc) is 3.05. The maximum Gasteiger partial charge on any atom is 0.0636 e. The molecule has 0 bridgehead atoms. The fourth-order valence-corrected chi connectivity index (χ4v) is 4.72. The lowest BCUT2D eigenvalue weighted by Gasteiger charge is -2.04. The average molecular weight is 322 g/mol. The number of rotatable bonds is 5. The molecule has 0 aliphatic heterocycles. The molecule has 3 rings (SSSR count). The van der Waals surface area contributed by atoms with Gasteiger partial charge in [-0.3, -0.25) is 0 Å². The molecule has 1 N–H and O–H groups in total. The Morgan fingerprint density at radius 3 is 2.70 bits per heavy atom. The van der Waals surface area contributed by atoms with Crippen LogP contribution < -0.4 is 5.32 Å². The zero-order valence-corrected chi connectivity index (χ0v) is 13.7. The molecule has 3 aromatic rings. The van der Waals surface area contributed by atoms with Gasteiger partial charge in [0.25, 0.3) is 0 Å². The second-order valence-corrected chi connectivity index (χ2v) is 7.18. The van der Waals surface area contributed by atoms with E-state index in [2.05, 4.69) is 41.9 Å². The quantitative estimate of drug-likeness (QED) is 0.657. The van der Waals surface area contributed by atoms with Crippen LogP contribution in [0.15, 0.2) is 35.7 Å². The topological polar surface area (TPSA) is 12.0 Å². The van der Waals surface area contributed by atoms with Crippen LogP contribution in [0.1, 0.15) is 22.2 Å². The number of hydrogen-bond acceptors (Lipinski definition) is 3. The van der Waals surface area contributed by atoms with Crippen LogP contribution in [0.4, 0.5) is 0 Å². The highest BCUT2D eigenvalue weighted by Gasteiger charge is 2.09. The molecule has 1 aromatic carbocycles. The van der Waals surface area contributed by atoms with Crippen LogP contribution in [0.5, 0.6) is 0 Å². The van der Waals surface area contributed by atoms with Crippen molar-refractivity contribution in [1.82, 2.24) is 5.32 Å². The van der Waals surface area contributed by atoms with Gasteiger partial charge in [-0.15, -0.1) is 22.7 Å². The summed E-state index contributed by atoms with van der Waals surface area (Å²) in [6.45, 7) is 3.96. The summed E-state index contributed by atoms with van der Waals surface area (Å²) in [5.41, 5.74) is 1.45. The molecule has 0 aliphatic rings. The standard InChI is InChI=1S/C16H16ClNS2/c1-2-11-7-8-19-14(11)9-18-10-15-16(17)12-5-3-4-6-13(12)20-15/h3-8,18H,2,9-10H2,1H3. The van der Waals surface area contributed by atoms with Crippen LogP contribution in [-0.2, 0) is 19.5 Å². The third kappa shape index (κ3) is 2.77.